The first-order valence-corrected chi connectivity index (χ1v) is 30.2. The van der Waals surface area contributed by atoms with E-state index in [1.54, 1.807) is 9.80 Å². The van der Waals surface area contributed by atoms with Gasteiger partial charge < -0.3 is 71.5 Å². The minimum absolute atomic E-state index is 0.0442. The summed E-state index contributed by atoms with van der Waals surface area (Å²) in [6.07, 6.45) is 7.55. The highest BCUT2D eigenvalue weighted by Gasteiger charge is 2.30. The summed E-state index contributed by atoms with van der Waals surface area (Å²) in [5.41, 5.74) is 21.4. The van der Waals surface area contributed by atoms with Crippen molar-refractivity contribution in [2.45, 2.75) is 118 Å². The molecule has 2 aliphatic rings. The molecule has 468 valence electrons. The van der Waals surface area contributed by atoms with E-state index < -0.39 is 12.2 Å². The van der Waals surface area contributed by atoms with Crippen LogP contribution in [-0.4, -0.2) is 125 Å². The van der Waals surface area contributed by atoms with Crippen molar-refractivity contribution in [3.8, 4) is 0 Å². The minimum Gasteiger partial charge on any atom is -0.448 e. The fourth-order valence-electron chi connectivity index (χ4n) is 9.59. The number of para-hydroxylation sites is 2. The highest BCUT2D eigenvalue weighted by atomic mass is 16.6. The molecule has 12 N–H and O–H groups in total. The predicted octanol–water partition coefficient (Wildman–Crippen LogP) is 7.47. The molecule has 0 atom stereocenters. The molecule has 22 heteroatoms. The fraction of sp³-hybridized carbons (Fsp3) is 0.469. The molecule has 0 aromatic heterocycles. The summed E-state index contributed by atoms with van der Waals surface area (Å²) in [5.74, 6) is 12.5. The van der Waals surface area contributed by atoms with E-state index in [9.17, 15) is 28.8 Å². The number of carbonyl (C=O) groups excluding carboxylic acids is 6. The van der Waals surface area contributed by atoms with Gasteiger partial charge >= 0.3 is 12.2 Å². The van der Waals surface area contributed by atoms with E-state index in [0.29, 0.717) is 91.4 Å². The number of ether oxygens (including phenoxy) is 4. The van der Waals surface area contributed by atoms with Crippen molar-refractivity contribution in [3.63, 3.8) is 0 Å². The van der Waals surface area contributed by atoms with Crippen molar-refractivity contribution in [2.75, 3.05) is 88.7 Å². The maximum Gasteiger partial charge on any atom is 0.407 e. The highest BCUT2D eigenvalue weighted by Crippen LogP contribution is 2.38. The van der Waals surface area contributed by atoms with Crippen molar-refractivity contribution < 1.29 is 47.7 Å². The van der Waals surface area contributed by atoms with E-state index in [1.165, 1.54) is 10.0 Å². The number of alkyl carbamates (subject to hydrolysis) is 2. The SMILES string of the molecule is CCCCCNC(=O)OCCN(N)/C1=C(\N)c2ccccc2CN(C(=O)CCNC(=O)CCOCCC)c2ccccc21.CCCCCNC(=O)OCCN(N)/C1=C(\N)c2ccccc2N(C(=O)CCNC(=O)CCOCCC)Cc2ccccc21. The van der Waals surface area contributed by atoms with E-state index in [4.69, 9.17) is 42.1 Å². The molecule has 2 heterocycles. The van der Waals surface area contributed by atoms with Crippen LogP contribution < -0.4 is 54.2 Å². The van der Waals surface area contributed by atoms with Crippen LogP contribution in [0.2, 0.25) is 0 Å². The molecule has 4 aromatic carbocycles. The summed E-state index contributed by atoms with van der Waals surface area (Å²) in [4.78, 5) is 79.1. The minimum atomic E-state index is -0.493. The molecule has 0 spiro atoms. The molecular formula is C64H92N12O10. The maximum atomic E-state index is 13.6. The summed E-state index contributed by atoms with van der Waals surface area (Å²) in [7, 11) is 0. The first-order valence-electron chi connectivity index (χ1n) is 30.2. The highest BCUT2D eigenvalue weighted by molar-refractivity contribution is 6.02. The Balaban J connectivity index is 0.000000314. The Kier molecular flexibility index (Phi) is 30.3. The van der Waals surface area contributed by atoms with Crippen LogP contribution in [0.3, 0.4) is 0 Å². The molecule has 22 nitrogen and oxygen atoms in total. The first kappa shape index (κ1) is 68.6. The molecule has 0 saturated carbocycles. The van der Waals surface area contributed by atoms with Crippen LogP contribution in [0.15, 0.2) is 97.1 Å². The van der Waals surface area contributed by atoms with Gasteiger partial charge in [-0.25, -0.2) is 21.3 Å². The number of hydrogen-bond acceptors (Lipinski definition) is 16. The van der Waals surface area contributed by atoms with Gasteiger partial charge in [0.1, 0.15) is 13.2 Å². The van der Waals surface area contributed by atoms with Crippen LogP contribution in [0.25, 0.3) is 22.8 Å². The third kappa shape index (κ3) is 21.7. The molecule has 4 aromatic rings. The largest absolute Gasteiger partial charge is 0.448 e. The van der Waals surface area contributed by atoms with Crippen LogP contribution in [0.5, 0.6) is 0 Å². The third-order valence-corrected chi connectivity index (χ3v) is 14.1. The number of rotatable bonds is 32. The average Bonchev–Trinajstić information content (AvgIpc) is 0.981. The van der Waals surface area contributed by atoms with Crippen molar-refractivity contribution in [3.05, 3.63) is 130 Å². The lowest BCUT2D eigenvalue weighted by Crippen LogP contribution is -2.39. The van der Waals surface area contributed by atoms with Gasteiger partial charge in [-0.1, -0.05) is 138 Å². The van der Waals surface area contributed by atoms with Crippen LogP contribution in [-0.2, 0) is 51.2 Å². The number of carbonyl (C=O) groups is 6. The van der Waals surface area contributed by atoms with Gasteiger partial charge in [0.25, 0.3) is 0 Å². The number of amides is 6. The molecule has 6 rings (SSSR count). The Morgan fingerprint density at radius 1 is 0.442 bits per heavy atom. The number of nitrogens with two attached hydrogens (primary N) is 4. The third-order valence-electron chi connectivity index (χ3n) is 14.1. The topological polar surface area (TPSA) is 304 Å². The Labute approximate surface area is 507 Å². The van der Waals surface area contributed by atoms with E-state index in [-0.39, 0.29) is 95.2 Å². The van der Waals surface area contributed by atoms with Crippen LogP contribution in [0.4, 0.5) is 21.0 Å². The molecule has 86 heavy (non-hydrogen) atoms. The monoisotopic (exact) mass is 1190 g/mol. The van der Waals surface area contributed by atoms with Crippen LogP contribution >= 0.6 is 0 Å². The quantitative estimate of drug-likeness (QED) is 0.0134. The number of hydrogen-bond donors (Lipinski definition) is 8. The van der Waals surface area contributed by atoms with E-state index >= 15 is 0 Å². The maximum absolute atomic E-state index is 13.6. The standard InChI is InChI=1S/2C32H46N6O5/c1-3-5-10-17-36-32(41)43-22-19-38(34)31-25-12-7-6-11-24(25)23-37(27-14-9-8-13-26(27)30(31)33)29(40)15-18-35-28(39)16-21-42-20-4-2;1-3-5-10-17-36-32(41)43-22-19-38(34)31-26-13-8-9-14-27(26)37(23-24-11-6-7-12-25(24)30(31)33)29(40)15-18-35-28(39)16-21-42-20-4-2/h2*6-9,11-14H,3-5,10,15-23,33-34H2,1-2H3,(H,35,39)(H,36,41)/b2*31-30-. The van der Waals surface area contributed by atoms with Gasteiger partial charge in [-0.3, -0.25) is 19.2 Å². The Hall–Kier alpha value is -8.18. The molecule has 0 fully saturated rings. The number of fused-ring (bicyclic) bond motifs is 4. The van der Waals surface area contributed by atoms with Crippen LogP contribution in [0, 0.1) is 0 Å². The van der Waals surface area contributed by atoms with Gasteiger partial charge in [-0.2, -0.15) is 0 Å². The van der Waals surface area contributed by atoms with Crippen molar-refractivity contribution in [1.29, 1.82) is 0 Å². The number of hydrazine groups is 2. The lowest BCUT2D eigenvalue weighted by molar-refractivity contribution is -0.124. The van der Waals surface area contributed by atoms with Gasteiger partial charge in [0.2, 0.25) is 23.6 Å². The number of unbranched alkanes of at least 4 members (excludes halogenated alkanes) is 4. The second-order valence-corrected chi connectivity index (χ2v) is 20.7. The van der Waals surface area contributed by atoms with Gasteiger partial charge in [-0.05, 0) is 48.9 Å². The second-order valence-electron chi connectivity index (χ2n) is 20.7. The molecule has 0 radical (unpaired) electrons. The zero-order valence-electron chi connectivity index (χ0n) is 50.8. The first-order chi connectivity index (χ1) is 41.7. The Morgan fingerprint density at radius 2 is 0.837 bits per heavy atom. The summed E-state index contributed by atoms with van der Waals surface area (Å²) in [5, 5.41) is 14.1. The van der Waals surface area contributed by atoms with Crippen molar-refractivity contribution in [2.24, 2.45) is 23.2 Å². The zero-order chi connectivity index (χ0) is 62.1. The zero-order valence-corrected chi connectivity index (χ0v) is 50.8. The molecule has 0 saturated heterocycles. The lowest BCUT2D eigenvalue weighted by atomic mass is 9.95. The number of nitrogens with one attached hydrogen (secondary N) is 4. The molecule has 0 bridgehead atoms. The Morgan fingerprint density at radius 3 is 1.31 bits per heavy atom. The van der Waals surface area contributed by atoms with Crippen molar-refractivity contribution in [1.82, 2.24) is 31.3 Å². The number of benzene rings is 4. The lowest BCUT2D eigenvalue weighted by Gasteiger charge is -2.33. The molecule has 2 aliphatic heterocycles. The summed E-state index contributed by atoms with van der Waals surface area (Å²) < 4.78 is 21.4. The number of anilines is 2. The smallest absolute Gasteiger partial charge is 0.407 e. The fourth-order valence-corrected chi connectivity index (χ4v) is 9.59. The summed E-state index contributed by atoms with van der Waals surface area (Å²) in [6.45, 7) is 12.8. The summed E-state index contributed by atoms with van der Waals surface area (Å²) in [6, 6.07) is 30.1. The van der Waals surface area contributed by atoms with Gasteiger partial charge in [0, 0.05) is 87.3 Å². The van der Waals surface area contributed by atoms with E-state index in [2.05, 4.69) is 35.1 Å². The second kappa shape index (κ2) is 38.0. The van der Waals surface area contributed by atoms with E-state index in [0.717, 1.165) is 73.6 Å². The molecule has 0 aliphatic carbocycles. The molecular weight excluding hydrogens is 1100 g/mol. The predicted molar refractivity (Wildman–Crippen MR) is 336 cm³/mol. The Bertz CT molecular complexity index is 2880. The van der Waals surface area contributed by atoms with Gasteiger partial charge in [0.15, 0.2) is 0 Å². The van der Waals surface area contributed by atoms with Gasteiger partial charge in [0.05, 0.1) is 73.6 Å². The summed E-state index contributed by atoms with van der Waals surface area (Å²) >= 11 is 0. The average molecular weight is 1190 g/mol. The van der Waals surface area contributed by atoms with Crippen LogP contribution in [0.1, 0.15) is 138 Å². The van der Waals surface area contributed by atoms with Gasteiger partial charge in [-0.15, -0.1) is 0 Å². The van der Waals surface area contributed by atoms with E-state index in [1.807, 2.05) is 111 Å². The normalized spacial score (nSPS) is 14.2. The molecule has 0 unspecified atom stereocenters. The molecule has 6 amide bonds. The number of nitrogens with zero attached hydrogens (tertiary/aromatic N) is 4. The van der Waals surface area contributed by atoms with Crippen molar-refractivity contribution >= 4 is 70.0 Å².